The number of benzene rings is 1. The van der Waals surface area contributed by atoms with E-state index in [1.807, 2.05) is 0 Å². The van der Waals surface area contributed by atoms with Gasteiger partial charge >= 0.3 is 6.03 Å². The summed E-state index contributed by atoms with van der Waals surface area (Å²) in [6.45, 7) is 0.350. The van der Waals surface area contributed by atoms with Gasteiger partial charge in [0.15, 0.2) is 11.6 Å². The maximum absolute atomic E-state index is 12.8. The van der Waals surface area contributed by atoms with Gasteiger partial charge in [0.1, 0.15) is 12.4 Å². The number of hydrogen-bond acceptors (Lipinski definition) is 3. The third kappa shape index (κ3) is 4.96. The number of aliphatic hydroxyl groups excluding tert-OH is 1. The van der Waals surface area contributed by atoms with Gasteiger partial charge in [0.25, 0.3) is 0 Å². The number of rotatable bonds is 6. The standard InChI is InChI=1S/C11H14F2N2O3/c12-9-2-1-8(7-10(9)13)18-6-4-15-11(17)14-3-5-16/h1-2,7,16H,3-6H2,(H2,14,15,17). The van der Waals surface area contributed by atoms with E-state index in [2.05, 4.69) is 10.6 Å². The lowest BCUT2D eigenvalue weighted by molar-refractivity contribution is 0.230. The number of ether oxygens (including phenoxy) is 1. The summed E-state index contributed by atoms with van der Waals surface area (Å²) in [5.74, 6) is -1.74. The molecule has 0 atom stereocenters. The van der Waals surface area contributed by atoms with Crippen molar-refractivity contribution in [3.05, 3.63) is 29.8 Å². The first-order valence-electron chi connectivity index (χ1n) is 5.34. The molecule has 2 amide bonds. The van der Waals surface area contributed by atoms with Crippen molar-refractivity contribution in [2.45, 2.75) is 0 Å². The first-order chi connectivity index (χ1) is 8.63. The van der Waals surface area contributed by atoms with Gasteiger partial charge in [-0.1, -0.05) is 0 Å². The first kappa shape index (κ1) is 14.2. The summed E-state index contributed by atoms with van der Waals surface area (Å²) in [6.07, 6.45) is 0. The van der Waals surface area contributed by atoms with Crippen LogP contribution in [0.2, 0.25) is 0 Å². The number of carbonyl (C=O) groups is 1. The molecule has 0 heterocycles. The molecule has 0 radical (unpaired) electrons. The van der Waals surface area contributed by atoms with Gasteiger partial charge in [0.2, 0.25) is 0 Å². The number of urea groups is 1. The normalized spacial score (nSPS) is 9.94. The van der Waals surface area contributed by atoms with E-state index in [9.17, 15) is 13.6 Å². The van der Waals surface area contributed by atoms with Crippen molar-refractivity contribution in [1.82, 2.24) is 10.6 Å². The third-order valence-corrected chi connectivity index (χ3v) is 1.94. The van der Waals surface area contributed by atoms with E-state index in [0.29, 0.717) is 0 Å². The van der Waals surface area contributed by atoms with Gasteiger partial charge in [-0.25, -0.2) is 13.6 Å². The Hall–Kier alpha value is -1.89. The molecule has 0 aliphatic rings. The van der Waals surface area contributed by atoms with Crippen LogP contribution in [0, 0.1) is 11.6 Å². The summed E-state index contributed by atoms with van der Waals surface area (Å²) in [7, 11) is 0. The van der Waals surface area contributed by atoms with Crippen LogP contribution >= 0.6 is 0 Å². The summed E-state index contributed by atoms with van der Waals surface area (Å²) in [5, 5.41) is 13.3. The summed E-state index contributed by atoms with van der Waals surface area (Å²) in [4.78, 5) is 11.0. The highest BCUT2D eigenvalue weighted by Crippen LogP contribution is 2.14. The second kappa shape index (κ2) is 7.44. The predicted octanol–water partition coefficient (Wildman–Crippen LogP) is 0.635. The lowest BCUT2D eigenvalue weighted by Gasteiger charge is -2.08. The van der Waals surface area contributed by atoms with E-state index < -0.39 is 17.7 Å². The van der Waals surface area contributed by atoms with E-state index >= 15 is 0 Å². The molecule has 100 valence electrons. The molecule has 0 unspecified atom stereocenters. The number of aliphatic hydroxyl groups is 1. The Labute approximate surface area is 103 Å². The number of amides is 2. The fourth-order valence-corrected chi connectivity index (χ4v) is 1.13. The Balaban J connectivity index is 2.21. The molecule has 0 aromatic heterocycles. The van der Waals surface area contributed by atoms with Crippen molar-refractivity contribution < 1.29 is 23.4 Å². The maximum atomic E-state index is 12.8. The molecule has 1 aromatic rings. The van der Waals surface area contributed by atoms with Gasteiger partial charge in [-0.15, -0.1) is 0 Å². The summed E-state index contributed by atoms with van der Waals surface area (Å²) in [6, 6.07) is 2.76. The van der Waals surface area contributed by atoms with E-state index in [0.717, 1.165) is 12.1 Å². The van der Waals surface area contributed by atoms with Crippen molar-refractivity contribution >= 4 is 6.03 Å². The van der Waals surface area contributed by atoms with E-state index in [1.54, 1.807) is 0 Å². The van der Waals surface area contributed by atoms with Crippen LogP contribution in [0.25, 0.3) is 0 Å². The Morgan fingerprint density at radius 3 is 2.61 bits per heavy atom. The molecule has 18 heavy (non-hydrogen) atoms. The van der Waals surface area contributed by atoms with Crippen LogP contribution in [0.3, 0.4) is 0 Å². The second-order valence-corrected chi connectivity index (χ2v) is 3.33. The summed E-state index contributed by atoms with van der Waals surface area (Å²) in [5.41, 5.74) is 0. The Kier molecular flexibility index (Phi) is 5.86. The Morgan fingerprint density at radius 1 is 1.22 bits per heavy atom. The Bertz CT molecular complexity index is 402. The topological polar surface area (TPSA) is 70.6 Å². The SMILES string of the molecule is O=C(NCCO)NCCOc1ccc(F)c(F)c1. The minimum absolute atomic E-state index is 0.123. The molecule has 1 aromatic carbocycles. The molecule has 0 saturated carbocycles. The molecule has 0 bridgehead atoms. The zero-order valence-electron chi connectivity index (χ0n) is 9.58. The van der Waals surface area contributed by atoms with Gasteiger partial charge < -0.3 is 20.5 Å². The second-order valence-electron chi connectivity index (χ2n) is 3.33. The Morgan fingerprint density at radius 2 is 1.94 bits per heavy atom. The van der Waals surface area contributed by atoms with Gasteiger partial charge in [0, 0.05) is 12.6 Å². The van der Waals surface area contributed by atoms with Crippen LogP contribution in [0.4, 0.5) is 13.6 Å². The molecule has 3 N–H and O–H groups in total. The summed E-state index contributed by atoms with van der Waals surface area (Å²) >= 11 is 0. The molecule has 5 nitrogen and oxygen atoms in total. The van der Waals surface area contributed by atoms with Crippen molar-refractivity contribution in [3.63, 3.8) is 0 Å². The van der Waals surface area contributed by atoms with Gasteiger partial charge in [-0.05, 0) is 12.1 Å². The molecule has 0 spiro atoms. The van der Waals surface area contributed by atoms with E-state index in [-0.39, 0.29) is 32.1 Å². The zero-order chi connectivity index (χ0) is 13.4. The molecular weight excluding hydrogens is 246 g/mol. The highest BCUT2D eigenvalue weighted by molar-refractivity contribution is 5.73. The fourth-order valence-electron chi connectivity index (χ4n) is 1.13. The molecule has 0 fully saturated rings. The van der Waals surface area contributed by atoms with Gasteiger partial charge in [0.05, 0.1) is 13.2 Å². The maximum Gasteiger partial charge on any atom is 0.314 e. The minimum Gasteiger partial charge on any atom is -0.492 e. The number of halogens is 2. The largest absolute Gasteiger partial charge is 0.492 e. The first-order valence-corrected chi connectivity index (χ1v) is 5.34. The average molecular weight is 260 g/mol. The van der Waals surface area contributed by atoms with Crippen molar-refractivity contribution in [2.24, 2.45) is 0 Å². The van der Waals surface area contributed by atoms with Crippen LogP contribution in [-0.2, 0) is 0 Å². The average Bonchev–Trinajstić information content (AvgIpc) is 2.36. The quantitative estimate of drug-likeness (QED) is 0.657. The van der Waals surface area contributed by atoms with Gasteiger partial charge in [-0.2, -0.15) is 0 Å². The lowest BCUT2D eigenvalue weighted by Crippen LogP contribution is -2.38. The van der Waals surface area contributed by atoms with Crippen LogP contribution in [-0.4, -0.2) is 37.4 Å². The molecule has 7 heteroatoms. The van der Waals surface area contributed by atoms with Gasteiger partial charge in [-0.3, -0.25) is 0 Å². The van der Waals surface area contributed by atoms with Crippen LogP contribution < -0.4 is 15.4 Å². The van der Waals surface area contributed by atoms with Crippen molar-refractivity contribution in [1.29, 1.82) is 0 Å². The minimum atomic E-state index is -0.985. The fraction of sp³-hybridized carbons (Fsp3) is 0.364. The van der Waals surface area contributed by atoms with Crippen LogP contribution in [0.5, 0.6) is 5.75 Å². The highest BCUT2D eigenvalue weighted by Gasteiger charge is 2.03. The monoisotopic (exact) mass is 260 g/mol. The molecule has 1 rings (SSSR count). The predicted molar refractivity (Wildman–Crippen MR) is 60.3 cm³/mol. The smallest absolute Gasteiger partial charge is 0.314 e. The molecule has 0 saturated heterocycles. The number of hydrogen-bond donors (Lipinski definition) is 3. The highest BCUT2D eigenvalue weighted by atomic mass is 19.2. The van der Waals surface area contributed by atoms with E-state index in [4.69, 9.17) is 9.84 Å². The number of carbonyl (C=O) groups excluding carboxylic acids is 1. The number of nitrogens with one attached hydrogen (secondary N) is 2. The molecule has 0 aliphatic carbocycles. The third-order valence-electron chi connectivity index (χ3n) is 1.94. The van der Waals surface area contributed by atoms with Crippen molar-refractivity contribution in [3.8, 4) is 5.75 Å². The van der Waals surface area contributed by atoms with Crippen molar-refractivity contribution in [2.75, 3.05) is 26.3 Å². The van der Waals surface area contributed by atoms with Crippen LogP contribution in [0.1, 0.15) is 0 Å². The van der Waals surface area contributed by atoms with E-state index in [1.165, 1.54) is 6.07 Å². The zero-order valence-corrected chi connectivity index (χ0v) is 9.58. The summed E-state index contributed by atoms with van der Waals surface area (Å²) < 4.78 is 30.5. The molecule has 0 aliphatic heterocycles. The lowest BCUT2D eigenvalue weighted by atomic mass is 10.3. The van der Waals surface area contributed by atoms with Crippen LogP contribution in [0.15, 0.2) is 18.2 Å². The molecular formula is C11H14F2N2O3.